The van der Waals surface area contributed by atoms with Crippen molar-refractivity contribution in [2.75, 3.05) is 6.54 Å². The minimum atomic E-state index is -3.57. The van der Waals surface area contributed by atoms with Crippen molar-refractivity contribution in [3.8, 4) is 22.6 Å². The van der Waals surface area contributed by atoms with E-state index >= 15 is 0 Å². The van der Waals surface area contributed by atoms with Crippen LogP contribution in [0.4, 0.5) is 0 Å². The van der Waals surface area contributed by atoms with Crippen LogP contribution in [0.3, 0.4) is 0 Å². The second-order valence-electron chi connectivity index (χ2n) is 6.81. The Morgan fingerprint density at radius 1 is 1.03 bits per heavy atom. The third-order valence-corrected chi connectivity index (χ3v) is 6.72. The number of nitrogens with one attached hydrogen (secondary N) is 1. The Bertz CT molecular complexity index is 1260. The highest BCUT2D eigenvalue weighted by molar-refractivity contribution is 7.89. The van der Waals surface area contributed by atoms with Crippen molar-refractivity contribution in [2.24, 2.45) is 0 Å². The molecule has 7 nitrogen and oxygen atoms in total. The summed E-state index contributed by atoms with van der Waals surface area (Å²) in [4.78, 5) is 9.13. The fraction of sp³-hybridized carbons (Fsp3) is 0.190. The quantitative estimate of drug-likeness (QED) is 0.466. The molecule has 0 spiro atoms. The third kappa shape index (κ3) is 4.64. The van der Waals surface area contributed by atoms with E-state index in [2.05, 4.69) is 19.8 Å². The van der Waals surface area contributed by atoms with Crippen LogP contribution in [-0.2, 0) is 16.4 Å². The van der Waals surface area contributed by atoms with Gasteiger partial charge in [-0.25, -0.2) is 18.1 Å². The molecule has 0 atom stereocenters. The van der Waals surface area contributed by atoms with Gasteiger partial charge in [0.25, 0.3) is 0 Å². The van der Waals surface area contributed by atoms with Crippen LogP contribution < -0.4 is 4.72 Å². The van der Waals surface area contributed by atoms with E-state index in [1.54, 1.807) is 35.6 Å². The Kier molecular flexibility index (Phi) is 5.76. The Balaban J connectivity index is 1.42. The molecule has 9 heteroatoms. The molecule has 0 radical (unpaired) electrons. The second kappa shape index (κ2) is 8.47. The molecule has 0 aliphatic heterocycles. The predicted octanol–water partition coefficient (Wildman–Crippen LogP) is 4.00. The smallest absolute Gasteiger partial charge is 0.240 e. The zero-order chi connectivity index (χ0) is 21.1. The highest BCUT2D eigenvalue weighted by Crippen LogP contribution is 2.26. The van der Waals surface area contributed by atoms with Gasteiger partial charge in [-0.05, 0) is 32.0 Å². The number of hydrogen-bond acceptors (Lipinski definition) is 7. The lowest BCUT2D eigenvalue weighted by Gasteiger charge is -2.05. The van der Waals surface area contributed by atoms with Gasteiger partial charge in [0, 0.05) is 29.5 Å². The molecule has 2 heterocycles. The maximum Gasteiger partial charge on any atom is 0.240 e. The van der Waals surface area contributed by atoms with E-state index < -0.39 is 10.0 Å². The topological polar surface area (TPSA) is 98.0 Å². The van der Waals surface area contributed by atoms with Crippen LogP contribution in [0.2, 0.25) is 0 Å². The minimum Gasteiger partial charge on any atom is -0.339 e. The summed E-state index contributed by atoms with van der Waals surface area (Å²) in [5.74, 6) is 0.826. The van der Waals surface area contributed by atoms with Gasteiger partial charge in [-0.3, -0.25) is 0 Å². The van der Waals surface area contributed by atoms with Crippen molar-refractivity contribution in [1.82, 2.24) is 19.8 Å². The number of hydrogen-bond donors (Lipinski definition) is 1. The van der Waals surface area contributed by atoms with Crippen molar-refractivity contribution in [3.05, 3.63) is 70.4 Å². The molecule has 0 aliphatic carbocycles. The average molecular weight is 441 g/mol. The van der Waals surface area contributed by atoms with Gasteiger partial charge in [-0.15, -0.1) is 11.3 Å². The summed E-state index contributed by atoms with van der Waals surface area (Å²) in [5, 5.41) is 7.04. The molecule has 154 valence electrons. The van der Waals surface area contributed by atoms with Crippen molar-refractivity contribution < 1.29 is 12.9 Å². The molecule has 0 amide bonds. The number of nitrogens with zero attached hydrogens (tertiary/aromatic N) is 3. The summed E-state index contributed by atoms with van der Waals surface area (Å²) in [6.07, 6.45) is 0.295. The first-order valence-electron chi connectivity index (χ1n) is 9.32. The van der Waals surface area contributed by atoms with E-state index in [-0.39, 0.29) is 11.4 Å². The normalized spacial score (nSPS) is 11.7. The Morgan fingerprint density at radius 2 is 1.80 bits per heavy atom. The highest BCUT2D eigenvalue weighted by atomic mass is 32.2. The zero-order valence-electron chi connectivity index (χ0n) is 16.5. The Labute approximate surface area is 178 Å². The summed E-state index contributed by atoms with van der Waals surface area (Å²) >= 11 is 1.60. The third-order valence-electron chi connectivity index (χ3n) is 4.47. The van der Waals surface area contributed by atoms with Gasteiger partial charge in [0.15, 0.2) is 0 Å². The van der Waals surface area contributed by atoms with Crippen molar-refractivity contribution in [3.63, 3.8) is 0 Å². The van der Waals surface area contributed by atoms with Gasteiger partial charge in [-0.1, -0.05) is 41.1 Å². The summed E-state index contributed by atoms with van der Waals surface area (Å²) in [5.41, 5.74) is 3.71. The van der Waals surface area contributed by atoms with Crippen LogP contribution in [0.15, 0.2) is 63.3 Å². The van der Waals surface area contributed by atoms with E-state index in [1.807, 2.05) is 43.5 Å². The minimum absolute atomic E-state index is 0.163. The van der Waals surface area contributed by atoms with Gasteiger partial charge in [-0.2, -0.15) is 4.98 Å². The van der Waals surface area contributed by atoms with Crippen LogP contribution in [0.25, 0.3) is 22.6 Å². The summed E-state index contributed by atoms with van der Waals surface area (Å²) in [6.45, 7) is 4.04. The number of aryl methyl sites for hydroxylation is 2. The first-order valence-corrected chi connectivity index (χ1v) is 11.7. The van der Waals surface area contributed by atoms with Crippen LogP contribution in [0.1, 0.15) is 16.5 Å². The lowest BCUT2D eigenvalue weighted by molar-refractivity contribution is 0.379. The first kappa shape index (κ1) is 20.4. The molecule has 2 aromatic carbocycles. The molecule has 30 heavy (non-hydrogen) atoms. The van der Waals surface area contributed by atoms with Crippen molar-refractivity contribution >= 4 is 21.4 Å². The molecule has 0 saturated carbocycles. The molecule has 4 rings (SSSR count). The summed E-state index contributed by atoms with van der Waals surface area (Å²) in [6, 6.07) is 14.5. The number of sulfonamides is 1. The zero-order valence-corrected chi connectivity index (χ0v) is 18.1. The Hall–Kier alpha value is -2.88. The number of aromatic nitrogens is 3. The monoisotopic (exact) mass is 440 g/mol. The van der Waals surface area contributed by atoms with E-state index in [9.17, 15) is 8.42 Å². The molecule has 0 bridgehead atoms. The summed E-state index contributed by atoms with van der Waals surface area (Å²) < 4.78 is 32.6. The standard InChI is InChI=1S/C21H20N4O3S2/c1-14-6-8-18(9-7-14)30(26,27)22-11-10-20-24-21(25-28-20)17-5-3-4-16(12-17)19-13-29-15(2)23-19/h3-9,12-13,22H,10-11H2,1-2H3. The molecule has 2 aromatic heterocycles. The molecule has 0 saturated heterocycles. The maximum atomic E-state index is 12.4. The molecule has 0 fully saturated rings. The van der Waals surface area contributed by atoms with Crippen molar-refractivity contribution in [1.29, 1.82) is 0 Å². The molecule has 4 aromatic rings. The van der Waals surface area contributed by atoms with E-state index in [4.69, 9.17) is 4.52 Å². The maximum absolute atomic E-state index is 12.4. The van der Waals surface area contributed by atoms with Crippen molar-refractivity contribution in [2.45, 2.75) is 25.2 Å². The van der Waals surface area contributed by atoms with Crippen LogP contribution >= 0.6 is 11.3 Å². The van der Waals surface area contributed by atoms with Crippen LogP contribution in [0.5, 0.6) is 0 Å². The second-order valence-corrected chi connectivity index (χ2v) is 9.63. The fourth-order valence-electron chi connectivity index (χ4n) is 2.88. The lowest BCUT2D eigenvalue weighted by atomic mass is 10.1. The Morgan fingerprint density at radius 3 is 2.53 bits per heavy atom. The first-order chi connectivity index (χ1) is 14.4. The molecular formula is C21H20N4O3S2. The van der Waals surface area contributed by atoms with Crippen LogP contribution in [-0.4, -0.2) is 30.1 Å². The molecule has 0 unspecified atom stereocenters. The van der Waals surface area contributed by atoms with Gasteiger partial charge < -0.3 is 4.52 Å². The lowest BCUT2D eigenvalue weighted by Crippen LogP contribution is -2.26. The van der Waals surface area contributed by atoms with Gasteiger partial charge in [0.1, 0.15) is 0 Å². The largest absolute Gasteiger partial charge is 0.339 e. The molecular weight excluding hydrogens is 420 g/mol. The van der Waals surface area contributed by atoms with Gasteiger partial charge in [0.05, 0.1) is 15.6 Å². The van der Waals surface area contributed by atoms with E-state index in [0.29, 0.717) is 18.1 Å². The summed E-state index contributed by atoms with van der Waals surface area (Å²) in [7, 11) is -3.57. The highest BCUT2D eigenvalue weighted by Gasteiger charge is 2.15. The number of benzene rings is 2. The SMILES string of the molecule is Cc1ccc(S(=O)(=O)NCCc2nc(-c3cccc(-c4csc(C)n4)c3)no2)cc1. The van der Waals surface area contributed by atoms with Crippen LogP contribution in [0, 0.1) is 13.8 Å². The van der Waals surface area contributed by atoms with Gasteiger partial charge in [0.2, 0.25) is 21.7 Å². The van der Waals surface area contributed by atoms with Gasteiger partial charge >= 0.3 is 0 Å². The predicted molar refractivity (Wildman–Crippen MR) is 116 cm³/mol. The van der Waals surface area contributed by atoms with E-state index in [1.165, 1.54) is 0 Å². The number of thiazole rings is 1. The molecule has 1 N–H and O–H groups in total. The van der Waals surface area contributed by atoms with E-state index in [0.717, 1.165) is 27.4 Å². The molecule has 0 aliphatic rings. The number of rotatable bonds is 7. The fourth-order valence-corrected chi connectivity index (χ4v) is 4.53. The average Bonchev–Trinajstić information content (AvgIpc) is 3.38.